The Labute approximate surface area is 108 Å². The quantitative estimate of drug-likeness (QED) is 0.843. The zero-order valence-electron chi connectivity index (χ0n) is 9.24. The van der Waals surface area contributed by atoms with Crippen LogP contribution in [0.4, 0.5) is 0 Å². The summed E-state index contributed by atoms with van der Waals surface area (Å²) in [6.07, 6.45) is 2.72. The maximum atomic E-state index is 11.0. The molecule has 0 spiro atoms. The first kappa shape index (κ1) is 13.5. The molecule has 0 amide bonds. The van der Waals surface area contributed by atoms with Gasteiger partial charge in [0, 0.05) is 16.4 Å². The van der Waals surface area contributed by atoms with Crippen LogP contribution in [0, 0.1) is 5.92 Å². The van der Waals surface area contributed by atoms with E-state index in [1.165, 1.54) is 11.8 Å². The van der Waals surface area contributed by atoms with Gasteiger partial charge in [0.1, 0.15) is 5.03 Å². The lowest BCUT2D eigenvalue weighted by molar-refractivity contribution is 0.0692. The Kier molecular flexibility index (Phi) is 5.28. The number of pyridine rings is 1. The molecule has 0 radical (unpaired) electrons. The van der Waals surface area contributed by atoms with Crippen LogP contribution in [0.3, 0.4) is 0 Å². The summed E-state index contributed by atoms with van der Waals surface area (Å²) in [4.78, 5) is 15.2. The third-order valence-corrected chi connectivity index (χ3v) is 4.02. The molecule has 1 atom stereocenters. The Balaban J connectivity index is 2.82. The van der Waals surface area contributed by atoms with Gasteiger partial charge in [-0.25, -0.2) is 9.78 Å². The first-order valence-corrected chi connectivity index (χ1v) is 6.84. The molecule has 1 aromatic heterocycles. The first-order valence-electron chi connectivity index (χ1n) is 5.06. The molecule has 0 aromatic carbocycles. The van der Waals surface area contributed by atoms with Crippen LogP contribution in [-0.4, -0.2) is 21.8 Å². The molecule has 0 aliphatic carbocycles. The average Bonchev–Trinajstić information content (AvgIpc) is 2.26. The standard InChI is InChI=1S/C11H14BrNO2S/c1-3-7(2)6-16-10-9(11(14)15)4-8(12)5-13-10/h4-5,7H,3,6H2,1-2H3,(H,14,15). The Morgan fingerprint density at radius 3 is 2.94 bits per heavy atom. The van der Waals surface area contributed by atoms with Gasteiger partial charge in [-0.15, -0.1) is 11.8 Å². The van der Waals surface area contributed by atoms with Gasteiger partial charge in [-0.1, -0.05) is 20.3 Å². The number of nitrogens with zero attached hydrogens (tertiary/aromatic N) is 1. The number of hydrogen-bond acceptors (Lipinski definition) is 3. The molecule has 16 heavy (non-hydrogen) atoms. The SMILES string of the molecule is CCC(C)CSc1ncc(Br)cc1C(=O)O. The molecule has 1 unspecified atom stereocenters. The van der Waals surface area contributed by atoms with Crippen LogP contribution in [0.5, 0.6) is 0 Å². The molecule has 1 aromatic rings. The largest absolute Gasteiger partial charge is 0.478 e. The molecule has 88 valence electrons. The number of carbonyl (C=O) groups is 1. The Bertz CT molecular complexity index is 384. The van der Waals surface area contributed by atoms with Crippen LogP contribution < -0.4 is 0 Å². The number of carboxylic acids is 1. The second-order valence-electron chi connectivity index (χ2n) is 3.64. The fourth-order valence-corrected chi connectivity index (χ4v) is 2.47. The van der Waals surface area contributed by atoms with Crippen LogP contribution in [0.1, 0.15) is 30.6 Å². The van der Waals surface area contributed by atoms with Crippen molar-refractivity contribution in [1.82, 2.24) is 4.98 Å². The minimum absolute atomic E-state index is 0.266. The van der Waals surface area contributed by atoms with Crippen molar-refractivity contribution in [1.29, 1.82) is 0 Å². The summed E-state index contributed by atoms with van der Waals surface area (Å²) >= 11 is 4.73. The lowest BCUT2D eigenvalue weighted by atomic mass is 10.2. The maximum Gasteiger partial charge on any atom is 0.338 e. The molecule has 5 heteroatoms. The number of hydrogen-bond donors (Lipinski definition) is 1. The maximum absolute atomic E-state index is 11.0. The van der Waals surface area contributed by atoms with Crippen molar-refractivity contribution < 1.29 is 9.90 Å². The number of aromatic carboxylic acids is 1. The summed E-state index contributed by atoms with van der Waals surface area (Å²) in [5.74, 6) is 0.531. The second-order valence-corrected chi connectivity index (χ2v) is 5.56. The van der Waals surface area contributed by atoms with E-state index in [1.807, 2.05) is 0 Å². The van der Waals surface area contributed by atoms with E-state index in [9.17, 15) is 4.79 Å². The average molecular weight is 304 g/mol. The summed E-state index contributed by atoms with van der Waals surface area (Å²) in [5, 5.41) is 9.63. The van der Waals surface area contributed by atoms with Crippen molar-refractivity contribution in [2.45, 2.75) is 25.3 Å². The van der Waals surface area contributed by atoms with Gasteiger partial charge in [-0.2, -0.15) is 0 Å². The molecule has 0 aliphatic rings. The number of rotatable bonds is 5. The monoisotopic (exact) mass is 303 g/mol. The smallest absolute Gasteiger partial charge is 0.338 e. The molecule has 0 saturated heterocycles. The van der Waals surface area contributed by atoms with E-state index < -0.39 is 5.97 Å². The van der Waals surface area contributed by atoms with E-state index in [0.717, 1.165) is 12.2 Å². The third kappa shape index (κ3) is 3.79. The molecule has 0 bridgehead atoms. The lowest BCUT2D eigenvalue weighted by Gasteiger charge is -2.09. The van der Waals surface area contributed by atoms with E-state index >= 15 is 0 Å². The third-order valence-electron chi connectivity index (χ3n) is 2.25. The van der Waals surface area contributed by atoms with Crippen LogP contribution in [0.15, 0.2) is 21.8 Å². The van der Waals surface area contributed by atoms with Gasteiger partial charge in [0.15, 0.2) is 0 Å². The fraction of sp³-hybridized carbons (Fsp3) is 0.455. The van der Waals surface area contributed by atoms with Crippen molar-refractivity contribution >= 4 is 33.7 Å². The van der Waals surface area contributed by atoms with Crippen LogP contribution in [-0.2, 0) is 0 Å². The highest BCUT2D eigenvalue weighted by Crippen LogP contribution is 2.25. The number of carboxylic acid groups (broad SMARTS) is 1. The van der Waals surface area contributed by atoms with Crippen molar-refractivity contribution in [3.05, 3.63) is 22.3 Å². The molecular formula is C11H14BrNO2S. The second kappa shape index (κ2) is 6.25. The highest BCUT2D eigenvalue weighted by Gasteiger charge is 2.13. The lowest BCUT2D eigenvalue weighted by Crippen LogP contribution is -2.03. The molecular weight excluding hydrogens is 290 g/mol. The zero-order chi connectivity index (χ0) is 12.1. The molecule has 1 heterocycles. The predicted octanol–water partition coefficient (Wildman–Crippen LogP) is 3.68. The summed E-state index contributed by atoms with van der Waals surface area (Å²) in [6, 6.07) is 1.59. The molecule has 1 rings (SSSR count). The van der Waals surface area contributed by atoms with Gasteiger partial charge in [-0.05, 0) is 27.9 Å². The molecule has 0 saturated carbocycles. The summed E-state index contributed by atoms with van der Waals surface area (Å²) in [7, 11) is 0. The van der Waals surface area contributed by atoms with Crippen LogP contribution in [0.2, 0.25) is 0 Å². The molecule has 0 fully saturated rings. The number of halogens is 1. The summed E-state index contributed by atoms with van der Waals surface area (Å²) in [5.41, 5.74) is 0.266. The molecule has 3 nitrogen and oxygen atoms in total. The zero-order valence-corrected chi connectivity index (χ0v) is 11.6. The summed E-state index contributed by atoms with van der Waals surface area (Å²) < 4.78 is 0.692. The predicted molar refractivity (Wildman–Crippen MR) is 69.1 cm³/mol. The van der Waals surface area contributed by atoms with Gasteiger partial charge in [0.25, 0.3) is 0 Å². The van der Waals surface area contributed by atoms with Crippen LogP contribution >= 0.6 is 27.7 Å². The Morgan fingerprint density at radius 2 is 2.38 bits per heavy atom. The Morgan fingerprint density at radius 1 is 1.69 bits per heavy atom. The van der Waals surface area contributed by atoms with Crippen LogP contribution in [0.25, 0.3) is 0 Å². The fourth-order valence-electron chi connectivity index (χ4n) is 1.03. The van der Waals surface area contributed by atoms with E-state index in [4.69, 9.17) is 5.11 Å². The summed E-state index contributed by atoms with van der Waals surface area (Å²) in [6.45, 7) is 4.27. The minimum Gasteiger partial charge on any atom is -0.478 e. The normalized spacial score (nSPS) is 12.4. The van der Waals surface area contributed by atoms with E-state index in [2.05, 4.69) is 34.8 Å². The highest BCUT2D eigenvalue weighted by molar-refractivity contribution is 9.10. The topological polar surface area (TPSA) is 50.2 Å². The molecule has 0 aliphatic heterocycles. The van der Waals surface area contributed by atoms with Crippen molar-refractivity contribution in [2.24, 2.45) is 5.92 Å². The van der Waals surface area contributed by atoms with E-state index in [1.54, 1.807) is 12.3 Å². The molecule has 1 N–H and O–H groups in total. The van der Waals surface area contributed by atoms with Crippen molar-refractivity contribution in [3.8, 4) is 0 Å². The van der Waals surface area contributed by atoms with Crippen molar-refractivity contribution in [2.75, 3.05) is 5.75 Å². The van der Waals surface area contributed by atoms with Gasteiger partial charge >= 0.3 is 5.97 Å². The van der Waals surface area contributed by atoms with E-state index in [0.29, 0.717) is 15.4 Å². The van der Waals surface area contributed by atoms with Gasteiger partial charge in [0.2, 0.25) is 0 Å². The van der Waals surface area contributed by atoms with Gasteiger partial charge in [0.05, 0.1) is 5.56 Å². The Hall–Kier alpha value is -0.550. The highest BCUT2D eigenvalue weighted by atomic mass is 79.9. The number of thioether (sulfide) groups is 1. The first-order chi connectivity index (χ1) is 7.54. The van der Waals surface area contributed by atoms with E-state index in [-0.39, 0.29) is 5.56 Å². The van der Waals surface area contributed by atoms with Gasteiger partial charge < -0.3 is 5.11 Å². The van der Waals surface area contributed by atoms with Gasteiger partial charge in [-0.3, -0.25) is 0 Å². The van der Waals surface area contributed by atoms with Crippen molar-refractivity contribution in [3.63, 3.8) is 0 Å². The minimum atomic E-state index is -0.930. The number of aromatic nitrogens is 1.